The Kier molecular flexibility index (Phi) is 2.69. The third kappa shape index (κ3) is 2.12. The van der Waals surface area contributed by atoms with E-state index < -0.39 is 22.4 Å². The van der Waals surface area contributed by atoms with Crippen molar-refractivity contribution >= 4 is 5.69 Å². The number of rotatable bonds is 2. The zero-order valence-corrected chi connectivity index (χ0v) is 8.47. The highest BCUT2D eigenvalue weighted by Crippen LogP contribution is 2.37. The van der Waals surface area contributed by atoms with Crippen molar-refractivity contribution in [1.29, 1.82) is 0 Å². The first-order valence-corrected chi connectivity index (χ1v) is 4.49. The molecule has 0 aliphatic heterocycles. The second-order valence-electron chi connectivity index (χ2n) is 3.22. The minimum atomic E-state index is -4.75. The van der Waals surface area contributed by atoms with Gasteiger partial charge in [-0.15, -0.1) is 10.2 Å². The summed E-state index contributed by atoms with van der Waals surface area (Å²) in [5.41, 5.74) is -2.21. The largest absolute Gasteiger partial charge is 0.417 e. The summed E-state index contributed by atoms with van der Waals surface area (Å²) in [7, 11) is 0. The number of nitrogens with zero attached hydrogens (tertiary/aromatic N) is 4. The summed E-state index contributed by atoms with van der Waals surface area (Å²) in [5, 5.41) is 22.5. The zero-order valence-electron chi connectivity index (χ0n) is 8.47. The van der Waals surface area contributed by atoms with Crippen molar-refractivity contribution in [1.82, 2.24) is 20.6 Å². The Labute approximate surface area is 96.8 Å². The van der Waals surface area contributed by atoms with E-state index in [2.05, 4.69) is 15.4 Å². The van der Waals surface area contributed by atoms with Crippen molar-refractivity contribution in [2.75, 3.05) is 0 Å². The highest BCUT2D eigenvalue weighted by atomic mass is 19.4. The monoisotopic (exact) mass is 259 g/mol. The fourth-order valence-electron chi connectivity index (χ4n) is 1.35. The fourth-order valence-corrected chi connectivity index (χ4v) is 1.35. The van der Waals surface area contributed by atoms with Crippen LogP contribution in [0.4, 0.5) is 18.9 Å². The van der Waals surface area contributed by atoms with Crippen molar-refractivity contribution < 1.29 is 18.1 Å². The summed E-state index contributed by atoms with van der Waals surface area (Å²) < 4.78 is 38.3. The van der Waals surface area contributed by atoms with Crippen LogP contribution in [0.15, 0.2) is 18.2 Å². The molecule has 0 radical (unpaired) electrons. The standard InChI is InChI=1S/C8H4F3N5O2/c9-8(10,11)6-3-4(16(17)18)1-2-5(6)7-12-14-15-13-7/h1-3H,(H,12,13,14,15). The Bertz CT molecular complexity index is 581. The second-order valence-corrected chi connectivity index (χ2v) is 3.22. The van der Waals surface area contributed by atoms with Crippen LogP contribution in [0.3, 0.4) is 0 Å². The Hall–Kier alpha value is -2.52. The van der Waals surface area contributed by atoms with Gasteiger partial charge in [-0.05, 0) is 11.3 Å². The predicted octanol–water partition coefficient (Wildman–Crippen LogP) is 1.79. The fraction of sp³-hybridized carbons (Fsp3) is 0.125. The normalized spacial score (nSPS) is 11.5. The number of nitro benzene ring substituents is 1. The van der Waals surface area contributed by atoms with E-state index in [1.54, 1.807) is 0 Å². The number of non-ortho nitro benzene ring substituents is 1. The molecule has 0 unspecified atom stereocenters. The van der Waals surface area contributed by atoms with Gasteiger partial charge < -0.3 is 0 Å². The molecule has 0 bridgehead atoms. The molecular weight excluding hydrogens is 255 g/mol. The molecule has 10 heteroatoms. The number of nitrogens with one attached hydrogen (secondary N) is 1. The topological polar surface area (TPSA) is 97.6 Å². The van der Waals surface area contributed by atoms with E-state index in [0.29, 0.717) is 6.07 Å². The van der Waals surface area contributed by atoms with Crippen LogP contribution in [0.25, 0.3) is 11.4 Å². The maximum atomic E-state index is 12.8. The Morgan fingerprint density at radius 3 is 2.56 bits per heavy atom. The van der Waals surface area contributed by atoms with Gasteiger partial charge in [0.15, 0.2) is 0 Å². The molecule has 0 fully saturated rings. The lowest BCUT2D eigenvalue weighted by Gasteiger charge is -2.09. The van der Waals surface area contributed by atoms with Crippen LogP contribution >= 0.6 is 0 Å². The molecule has 0 aliphatic rings. The van der Waals surface area contributed by atoms with E-state index in [-0.39, 0.29) is 11.4 Å². The van der Waals surface area contributed by atoms with Crippen LogP contribution in [0.5, 0.6) is 0 Å². The van der Waals surface area contributed by atoms with Crippen LogP contribution < -0.4 is 0 Å². The number of alkyl halides is 3. The first kappa shape index (κ1) is 12.0. The van der Waals surface area contributed by atoms with Crippen LogP contribution in [0, 0.1) is 10.1 Å². The first-order valence-electron chi connectivity index (χ1n) is 4.49. The van der Waals surface area contributed by atoms with Gasteiger partial charge in [0.2, 0.25) is 5.82 Å². The number of aromatic amines is 1. The molecule has 0 spiro atoms. The van der Waals surface area contributed by atoms with Crippen molar-refractivity contribution in [3.63, 3.8) is 0 Å². The zero-order chi connectivity index (χ0) is 13.3. The van der Waals surface area contributed by atoms with Crippen LogP contribution in [-0.2, 0) is 6.18 Å². The lowest BCUT2D eigenvalue weighted by atomic mass is 10.1. The van der Waals surface area contributed by atoms with E-state index in [0.717, 1.165) is 12.1 Å². The van der Waals surface area contributed by atoms with Crippen LogP contribution in [0.1, 0.15) is 5.56 Å². The van der Waals surface area contributed by atoms with E-state index >= 15 is 0 Å². The van der Waals surface area contributed by atoms with Gasteiger partial charge in [-0.3, -0.25) is 10.1 Å². The summed E-state index contributed by atoms with van der Waals surface area (Å²) >= 11 is 0. The molecule has 0 amide bonds. The van der Waals surface area contributed by atoms with E-state index in [1.165, 1.54) is 0 Å². The number of halogens is 3. The number of H-pyrrole nitrogens is 1. The molecule has 1 aromatic heterocycles. The van der Waals surface area contributed by atoms with Crippen LogP contribution in [-0.4, -0.2) is 25.5 Å². The van der Waals surface area contributed by atoms with E-state index in [1.807, 2.05) is 5.21 Å². The number of aromatic nitrogens is 4. The van der Waals surface area contributed by atoms with Crippen LogP contribution in [0.2, 0.25) is 0 Å². The summed E-state index contributed by atoms with van der Waals surface area (Å²) in [4.78, 5) is 9.56. The molecular formula is C8H4F3N5O2. The number of tetrazole rings is 1. The smallest absolute Gasteiger partial charge is 0.258 e. The third-order valence-corrected chi connectivity index (χ3v) is 2.11. The molecule has 94 valence electrons. The summed E-state index contributed by atoms with van der Waals surface area (Å²) in [6.07, 6.45) is -4.75. The van der Waals surface area contributed by atoms with Gasteiger partial charge in [0.1, 0.15) is 0 Å². The second kappa shape index (κ2) is 4.05. The van der Waals surface area contributed by atoms with Gasteiger partial charge in [0.25, 0.3) is 5.69 Å². The molecule has 0 saturated heterocycles. The number of benzene rings is 1. The van der Waals surface area contributed by atoms with Crippen molar-refractivity contribution in [3.05, 3.63) is 33.9 Å². The molecule has 1 N–H and O–H groups in total. The lowest BCUT2D eigenvalue weighted by Crippen LogP contribution is -2.08. The molecule has 0 aliphatic carbocycles. The minimum Gasteiger partial charge on any atom is -0.258 e. The first-order chi connectivity index (χ1) is 8.39. The van der Waals surface area contributed by atoms with Gasteiger partial charge in [-0.2, -0.15) is 18.4 Å². The van der Waals surface area contributed by atoms with Crippen molar-refractivity contribution in [2.45, 2.75) is 6.18 Å². The molecule has 2 rings (SSSR count). The highest BCUT2D eigenvalue weighted by Gasteiger charge is 2.36. The molecule has 0 saturated carbocycles. The van der Waals surface area contributed by atoms with Crippen molar-refractivity contribution in [2.24, 2.45) is 0 Å². The summed E-state index contributed by atoms with van der Waals surface area (Å²) in [6.45, 7) is 0. The van der Waals surface area contributed by atoms with Gasteiger partial charge in [0, 0.05) is 17.7 Å². The number of hydrogen-bond donors (Lipinski definition) is 1. The molecule has 0 atom stereocenters. The Balaban J connectivity index is 2.64. The minimum absolute atomic E-state index is 0.280. The average Bonchev–Trinajstić information content (AvgIpc) is 2.80. The maximum Gasteiger partial charge on any atom is 0.417 e. The number of hydrogen-bond acceptors (Lipinski definition) is 5. The molecule has 18 heavy (non-hydrogen) atoms. The highest BCUT2D eigenvalue weighted by molar-refractivity contribution is 5.63. The van der Waals surface area contributed by atoms with Gasteiger partial charge in [-0.25, -0.2) is 0 Å². The Morgan fingerprint density at radius 2 is 2.06 bits per heavy atom. The third-order valence-electron chi connectivity index (χ3n) is 2.11. The Morgan fingerprint density at radius 1 is 1.33 bits per heavy atom. The van der Waals surface area contributed by atoms with Gasteiger partial charge >= 0.3 is 6.18 Å². The lowest BCUT2D eigenvalue weighted by molar-refractivity contribution is -0.385. The average molecular weight is 259 g/mol. The van der Waals surface area contributed by atoms with E-state index in [4.69, 9.17) is 0 Å². The maximum absolute atomic E-state index is 12.8. The molecule has 7 nitrogen and oxygen atoms in total. The quantitative estimate of drug-likeness (QED) is 0.654. The predicted molar refractivity (Wildman–Crippen MR) is 51.3 cm³/mol. The van der Waals surface area contributed by atoms with Gasteiger partial charge in [-0.1, -0.05) is 0 Å². The summed E-state index contributed by atoms with van der Waals surface area (Å²) in [5.74, 6) is -0.280. The molecule has 1 aromatic carbocycles. The van der Waals surface area contributed by atoms with Gasteiger partial charge in [0.05, 0.1) is 10.5 Å². The molecule has 1 heterocycles. The summed E-state index contributed by atoms with van der Waals surface area (Å²) in [6, 6.07) is 2.32. The van der Waals surface area contributed by atoms with Crippen molar-refractivity contribution in [3.8, 4) is 11.4 Å². The number of nitro groups is 1. The molecule has 2 aromatic rings. The SMILES string of the molecule is O=[N+]([O-])c1ccc(-c2nn[nH]n2)c(C(F)(F)F)c1. The van der Waals surface area contributed by atoms with E-state index in [9.17, 15) is 23.3 Å².